The molecule has 0 atom stereocenters. The van der Waals surface area contributed by atoms with Crippen molar-refractivity contribution >= 4 is 33.5 Å². The largest absolute Gasteiger partial charge is 0.478 e. The first-order valence-corrected chi connectivity index (χ1v) is 9.70. The van der Waals surface area contributed by atoms with Crippen molar-refractivity contribution in [2.45, 2.75) is 19.3 Å². The maximum absolute atomic E-state index is 11.4. The van der Waals surface area contributed by atoms with Crippen molar-refractivity contribution in [3.8, 4) is 11.3 Å². The van der Waals surface area contributed by atoms with Crippen LogP contribution in [-0.4, -0.2) is 34.1 Å². The molecular formula is C23H21N3O2. The maximum atomic E-state index is 11.4. The molecule has 0 saturated carbocycles. The predicted octanol–water partition coefficient (Wildman–Crippen LogP) is 5.07. The van der Waals surface area contributed by atoms with Crippen molar-refractivity contribution in [2.75, 3.05) is 18.0 Å². The monoisotopic (exact) mass is 371 g/mol. The van der Waals surface area contributed by atoms with Crippen LogP contribution in [0.2, 0.25) is 0 Å². The molecule has 2 aromatic carbocycles. The van der Waals surface area contributed by atoms with E-state index in [0.29, 0.717) is 5.56 Å². The van der Waals surface area contributed by atoms with Gasteiger partial charge in [0, 0.05) is 41.1 Å². The Morgan fingerprint density at radius 1 is 0.964 bits per heavy atom. The van der Waals surface area contributed by atoms with E-state index in [0.717, 1.165) is 51.8 Å². The van der Waals surface area contributed by atoms with E-state index in [1.54, 1.807) is 18.2 Å². The van der Waals surface area contributed by atoms with E-state index in [4.69, 9.17) is 4.98 Å². The van der Waals surface area contributed by atoms with Gasteiger partial charge in [-0.05, 0) is 61.7 Å². The number of piperidine rings is 1. The zero-order valence-electron chi connectivity index (χ0n) is 15.5. The van der Waals surface area contributed by atoms with Gasteiger partial charge in [-0.15, -0.1) is 0 Å². The van der Waals surface area contributed by atoms with Gasteiger partial charge < -0.3 is 15.0 Å². The van der Waals surface area contributed by atoms with Crippen LogP contribution in [0.3, 0.4) is 0 Å². The van der Waals surface area contributed by atoms with E-state index in [9.17, 15) is 9.90 Å². The molecule has 3 heterocycles. The fraction of sp³-hybridized carbons (Fsp3) is 0.217. The number of H-pyrrole nitrogens is 1. The third kappa shape index (κ3) is 2.89. The molecule has 1 fully saturated rings. The SMILES string of the molecule is O=C(O)c1ccc2nc(-c3ccc4[nH]ccc4c3)c(N3CCCCC3)cc2c1. The fourth-order valence-corrected chi connectivity index (χ4v) is 4.09. The molecule has 0 unspecified atom stereocenters. The normalized spacial score (nSPS) is 14.6. The summed E-state index contributed by atoms with van der Waals surface area (Å²) in [6.45, 7) is 2.01. The van der Waals surface area contributed by atoms with Crippen molar-refractivity contribution in [3.05, 3.63) is 60.3 Å². The van der Waals surface area contributed by atoms with Crippen LogP contribution in [0.5, 0.6) is 0 Å². The highest BCUT2D eigenvalue weighted by Crippen LogP contribution is 2.35. The number of aromatic amines is 1. The molecule has 4 aromatic rings. The lowest BCUT2D eigenvalue weighted by Gasteiger charge is -2.30. The van der Waals surface area contributed by atoms with Gasteiger partial charge in [0.15, 0.2) is 0 Å². The van der Waals surface area contributed by atoms with Gasteiger partial charge in [-0.3, -0.25) is 0 Å². The standard InChI is InChI=1S/C23H21N3O2/c27-23(28)17-5-7-20-18(13-17)14-21(26-10-2-1-3-11-26)22(25-20)16-4-6-19-15(12-16)8-9-24-19/h4-9,12-14,24H,1-3,10-11H2,(H,27,28). The van der Waals surface area contributed by atoms with Gasteiger partial charge in [0.1, 0.15) is 0 Å². The van der Waals surface area contributed by atoms with Crippen molar-refractivity contribution < 1.29 is 9.90 Å². The van der Waals surface area contributed by atoms with E-state index in [2.05, 4.69) is 40.2 Å². The van der Waals surface area contributed by atoms with Crippen LogP contribution in [0.25, 0.3) is 33.1 Å². The summed E-state index contributed by atoms with van der Waals surface area (Å²) in [5.41, 5.74) is 5.34. The second-order valence-corrected chi connectivity index (χ2v) is 7.40. The van der Waals surface area contributed by atoms with Gasteiger partial charge in [0.05, 0.1) is 22.5 Å². The maximum Gasteiger partial charge on any atom is 0.335 e. The number of carboxylic acid groups (broad SMARTS) is 1. The first-order chi connectivity index (χ1) is 13.7. The highest BCUT2D eigenvalue weighted by molar-refractivity contribution is 5.97. The van der Waals surface area contributed by atoms with Crippen LogP contribution in [0.15, 0.2) is 54.7 Å². The molecule has 140 valence electrons. The van der Waals surface area contributed by atoms with Crippen molar-refractivity contribution in [1.29, 1.82) is 0 Å². The first-order valence-electron chi connectivity index (χ1n) is 9.70. The molecule has 0 amide bonds. The van der Waals surface area contributed by atoms with E-state index in [1.807, 2.05) is 6.20 Å². The number of fused-ring (bicyclic) bond motifs is 2. The molecule has 5 nitrogen and oxygen atoms in total. The zero-order chi connectivity index (χ0) is 19.1. The molecule has 28 heavy (non-hydrogen) atoms. The molecule has 0 bridgehead atoms. The molecule has 2 N–H and O–H groups in total. The Balaban J connectivity index is 1.72. The van der Waals surface area contributed by atoms with Crippen molar-refractivity contribution in [3.63, 3.8) is 0 Å². The lowest BCUT2D eigenvalue weighted by molar-refractivity contribution is 0.0697. The van der Waals surface area contributed by atoms with E-state index in [-0.39, 0.29) is 0 Å². The van der Waals surface area contributed by atoms with E-state index >= 15 is 0 Å². The lowest BCUT2D eigenvalue weighted by Crippen LogP contribution is -2.30. The van der Waals surface area contributed by atoms with E-state index < -0.39 is 5.97 Å². The number of nitrogens with one attached hydrogen (secondary N) is 1. The summed E-state index contributed by atoms with van der Waals surface area (Å²) in [6.07, 6.45) is 5.54. The number of anilines is 1. The number of pyridine rings is 1. The van der Waals surface area contributed by atoms with Crippen LogP contribution in [0.1, 0.15) is 29.6 Å². The molecule has 0 aliphatic carbocycles. The van der Waals surface area contributed by atoms with Gasteiger partial charge in [0.2, 0.25) is 0 Å². The summed E-state index contributed by atoms with van der Waals surface area (Å²) in [6, 6.07) is 15.7. The van der Waals surface area contributed by atoms with Gasteiger partial charge in [-0.1, -0.05) is 6.07 Å². The second-order valence-electron chi connectivity index (χ2n) is 7.40. The highest BCUT2D eigenvalue weighted by Gasteiger charge is 2.19. The van der Waals surface area contributed by atoms with Crippen LogP contribution < -0.4 is 4.90 Å². The van der Waals surface area contributed by atoms with Crippen LogP contribution >= 0.6 is 0 Å². The Bertz CT molecular complexity index is 1190. The molecule has 0 spiro atoms. The summed E-state index contributed by atoms with van der Waals surface area (Å²) < 4.78 is 0. The van der Waals surface area contributed by atoms with E-state index in [1.165, 1.54) is 19.3 Å². The first kappa shape index (κ1) is 16.8. The number of aromatic carboxylic acids is 1. The van der Waals surface area contributed by atoms with Crippen LogP contribution in [0.4, 0.5) is 5.69 Å². The van der Waals surface area contributed by atoms with Gasteiger partial charge in [-0.25, -0.2) is 9.78 Å². The Labute approximate surface area is 162 Å². The smallest absolute Gasteiger partial charge is 0.335 e. The second kappa shape index (κ2) is 6.68. The molecule has 0 radical (unpaired) electrons. The Hall–Kier alpha value is -3.34. The Morgan fingerprint density at radius 3 is 2.64 bits per heavy atom. The molecule has 1 aliphatic heterocycles. The number of benzene rings is 2. The fourth-order valence-electron chi connectivity index (χ4n) is 4.09. The number of rotatable bonds is 3. The number of carbonyl (C=O) groups is 1. The molecule has 5 heteroatoms. The van der Waals surface area contributed by atoms with Crippen molar-refractivity contribution in [1.82, 2.24) is 9.97 Å². The summed E-state index contributed by atoms with van der Waals surface area (Å²) in [7, 11) is 0. The van der Waals surface area contributed by atoms with Crippen LogP contribution in [0, 0.1) is 0 Å². The summed E-state index contributed by atoms with van der Waals surface area (Å²) in [4.78, 5) is 22.0. The van der Waals surface area contributed by atoms with Crippen LogP contribution in [-0.2, 0) is 0 Å². The third-order valence-electron chi connectivity index (χ3n) is 5.57. The minimum atomic E-state index is -0.914. The molecule has 1 aliphatic rings. The zero-order valence-corrected chi connectivity index (χ0v) is 15.5. The number of hydrogen-bond donors (Lipinski definition) is 2. The topological polar surface area (TPSA) is 69.2 Å². The average Bonchev–Trinajstić information content (AvgIpc) is 3.21. The average molecular weight is 371 g/mol. The van der Waals surface area contributed by atoms with Crippen molar-refractivity contribution in [2.24, 2.45) is 0 Å². The molecule has 1 saturated heterocycles. The molecule has 2 aromatic heterocycles. The number of aromatic nitrogens is 2. The Kier molecular flexibility index (Phi) is 4.01. The number of carboxylic acids is 1. The number of hydrogen-bond acceptors (Lipinski definition) is 3. The summed E-state index contributed by atoms with van der Waals surface area (Å²) in [5, 5.41) is 11.4. The minimum absolute atomic E-state index is 0.292. The summed E-state index contributed by atoms with van der Waals surface area (Å²) >= 11 is 0. The Morgan fingerprint density at radius 2 is 1.82 bits per heavy atom. The summed E-state index contributed by atoms with van der Waals surface area (Å²) in [5.74, 6) is -0.914. The van der Waals surface area contributed by atoms with Gasteiger partial charge in [0.25, 0.3) is 0 Å². The third-order valence-corrected chi connectivity index (χ3v) is 5.57. The van der Waals surface area contributed by atoms with Gasteiger partial charge >= 0.3 is 5.97 Å². The minimum Gasteiger partial charge on any atom is -0.478 e. The highest BCUT2D eigenvalue weighted by atomic mass is 16.4. The predicted molar refractivity (Wildman–Crippen MR) is 112 cm³/mol. The number of nitrogens with zero attached hydrogens (tertiary/aromatic N) is 2. The molecule has 5 rings (SSSR count). The quantitative estimate of drug-likeness (QED) is 0.527. The van der Waals surface area contributed by atoms with Gasteiger partial charge in [-0.2, -0.15) is 0 Å². The molecular weight excluding hydrogens is 350 g/mol. The lowest BCUT2D eigenvalue weighted by atomic mass is 10.0.